The van der Waals surface area contributed by atoms with Gasteiger partial charge in [0, 0.05) is 32.2 Å². The van der Waals surface area contributed by atoms with Gasteiger partial charge in [-0.05, 0) is 12.3 Å². The number of aromatic nitrogens is 1. The number of anilines is 1. The predicted molar refractivity (Wildman–Crippen MR) is 72.2 cm³/mol. The molecule has 1 N–H and O–H groups in total. The highest BCUT2D eigenvalue weighted by Gasteiger charge is 2.20. The van der Waals surface area contributed by atoms with E-state index in [0.29, 0.717) is 0 Å². The first kappa shape index (κ1) is 11.8. The average Bonchev–Trinajstić information content (AvgIpc) is 3.24. The highest BCUT2D eigenvalue weighted by atomic mass is 16.5. The van der Waals surface area contributed by atoms with Crippen molar-refractivity contribution in [3.63, 3.8) is 0 Å². The number of nitrogens with one attached hydrogen (secondary N) is 1. The molecule has 2 aliphatic rings. The summed E-state index contributed by atoms with van der Waals surface area (Å²) in [5.74, 6) is 1.83. The molecule has 1 aromatic rings. The summed E-state index contributed by atoms with van der Waals surface area (Å²) < 4.78 is 5.78. The maximum atomic E-state index is 5.78. The van der Waals surface area contributed by atoms with Crippen LogP contribution < -0.4 is 15.0 Å². The third-order valence-corrected chi connectivity index (χ3v) is 3.67. The SMILES string of the molecule is c1ncc(N2CCNCC2)cc1OCCC1CC1. The zero-order valence-electron chi connectivity index (χ0n) is 10.8. The van der Waals surface area contributed by atoms with Gasteiger partial charge in [-0.2, -0.15) is 0 Å². The van der Waals surface area contributed by atoms with Gasteiger partial charge in [-0.15, -0.1) is 0 Å². The Bertz CT molecular complexity index is 386. The monoisotopic (exact) mass is 247 g/mol. The molecule has 0 bridgehead atoms. The second-order valence-corrected chi connectivity index (χ2v) is 5.20. The number of hydrogen-bond acceptors (Lipinski definition) is 4. The molecule has 4 heteroatoms. The maximum Gasteiger partial charge on any atom is 0.139 e. The first-order valence-electron chi connectivity index (χ1n) is 6.95. The highest BCUT2D eigenvalue weighted by molar-refractivity contribution is 5.48. The number of pyridine rings is 1. The van der Waals surface area contributed by atoms with Crippen LogP contribution >= 0.6 is 0 Å². The van der Waals surface area contributed by atoms with Gasteiger partial charge in [0.1, 0.15) is 5.75 Å². The molecule has 1 aliphatic carbocycles. The van der Waals surface area contributed by atoms with Gasteiger partial charge >= 0.3 is 0 Å². The van der Waals surface area contributed by atoms with Crippen molar-refractivity contribution in [2.24, 2.45) is 5.92 Å². The molecule has 0 unspecified atom stereocenters. The van der Waals surface area contributed by atoms with Gasteiger partial charge in [-0.1, -0.05) is 12.8 Å². The fourth-order valence-corrected chi connectivity index (χ4v) is 2.33. The van der Waals surface area contributed by atoms with Crippen LogP contribution in [0.2, 0.25) is 0 Å². The molecule has 1 saturated carbocycles. The number of rotatable bonds is 5. The van der Waals surface area contributed by atoms with Crippen LogP contribution in [0.15, 0.2) is 18.5 Å². The van der Waals surface area contributed by atoms with Gasteiger partial charge in [0.25, 0.3) is 0 Å². The second-order valence-electron chi connectivity index (χ2n) is 5.20. The lowest BCUT2D eigenvalue weighted by Crippen LogP contribution is -2.43. The lowest BCUT2D eigenvalue weighted by Gasteiger charge is -2.29. The van der Waals surface area contributed by atoms with Crippen molar-refractivity contribution in [2.75, 3.05) is 37.7 Å². The van der Waals surface area contributed by atoms with Crippen molar-refractivity contribution in [1.29, 1.82) is 0 Å². The standard InChI is InChI=1S/C14H21N3O/c1-2-12(1)3-8-18-14-9-13(10-16-11-14)17-6-4-15-5-7-17/h9-12,15H,1-8H2. The van der Waals surface area contributed by atoms with Crippen LogP contribution in [0.25, 0.3) is 0 Å². The predicted octanol–water partition coefficient (Wildman–Crippen LogP) is 1.67. The lowest BCUT2D eigenvalue weighted by atomic mass is 10.3. The molecule has 0 amide bonds. The number of hydrogen-bond donors (Lipinski definition) is 1. The highest BCUT2D eigenvalue weighted by Crippen LogP contribution is 2.32. The molecule has 3 rings (SSSR count). The van der Waals surface area contributed by atoms with E-state index in [-0.39, 0.29) is 0 Å². The Balaban J connectivity index is 1.56. The van der Waals surface area contributed by atoms with Crippen molar-refractivity contribution < 1.29 is 4.74 Å². The summed E-state index contributed by atoms with van der Waals surface area (Å²) in [6.45, 7) is 5.03. The topological polar surface area (TPSA) is 37.4 Å². The van der Waals surface area contributed by atoms with Crippen molar-refractivity contribution >= 4 is 5.69 Å². The van der Waals surface area contributed by atoms with E-state index in [1.165, 1.54) is 24.9 Å². The number of ether oxygens (including phenoxy) is 1. The van der Waals surface area contributed by atoms with Gasteiger partial charge in [-0.25, -0.2) is 0 Å². The summed E-state index contributed by atoms with van der Waals surface area (Å²) in [5, 5.41) is 3.36. The molecule has 4 nitrogen and oxygen atoms in total. The molecule has 0 spiro atoms. The van der Waals surface area contributed by atoms with Gasteiger partial charge in [0.05, 0.1) is 24.7 Å². The summed E-state index contributed by atoms with van der Waals surface area (Å²) in [5.41, 5.74) is 1.18. The van der Waals surface area contributed by atoms with Gasteiger partial charge in [0.2, 0.25) is 0 Å². The average molecular weight is 247 g/mol. The van der Waals surface area contributed by atoms with E-state index in [9.17, 15) is 0 Å². The minimum Gasteiger partial charge on any atom is -0.492 e. The van der Waals surface area contributed by atoms with Crippen molar-refractivity contribution in [1.82, 2.24) is 10.3 Å². The number of nitrogens with zero attached hydrogens (tertiary/aromatic N) is 2. The maximum absolute atomic E-state index is 5.78. The molecule has 0 radical (unpaired) electrons. The van der Waals surface area contributed by atoms with Crippen LogP contribution in [0.4, 0.5) is 5.69 Å². The number of piperazine rings is 1. The molecule has 2 heterocycles. The fourth-order valence-electron chi connectivity index (χ4n) is 2.33. The normalized spacial score (nSPS) is 19.9. The van der Waals surface area contributed by atoms with E-state index in [4.69, 9.17) is 4.74 Å². The first-order valence-corrected chi connectivity index (χ1v) is 6.95. The largest absolute Gasteiger partial charge is 0.492 e. The van der Waals surface area contributed by atoms with E-state index in [0.717, 1.165) is 44.5 Å². The molecule has 1 aliphatic heterocycles. The molecule has 0 aromatic carbocycles. The molecule has 18 heavy (non-hydrogen) atoms. The van der Waals surface area contributed by atoms with Crippen LogP contribution in [-0.2, 0) is 0 Å². The quantitative estimate of drug-likeness (QED) is 0.859. The van der Waals surface area contributed by atoms with Crippen LogP contribution in [-0.4, -0.2) is 37.8 Å². The molecular weight excluding hydrogens is 226 g/mol. The van der Waals surface area contributed by atoms with Gasteiger partial charge in [0.15, 0.2) is 0 Å². The van der Waals surface area contributed by atoms with Crippen molar-refractivity contribution in [3.05, 3.63) is 18.5 Å². The van der Waals surface area contributed by atoms with E-state index < -0.39 is 0 Å². The summed E-state index contributed by atoms with van der Waals surface area (Å²) in [4.78, 5) is 6.64. The lowest BCUT2D eigenvalue weighted by molar-refractivity contribution is 0.301. The summed E-state index contributed by atoms with van der Waals surface area (Å²) in [6.07, 6.45) is 7.72. The Morgan fingerprint density at radius 1 is 1.28 bits per heavy atom. The van der Waals surface area contributed by atoms with E-state index in [2.05, 4.69) is 21.3 Å². The van der Waals surface area contributed by atoms with Crippen LogP contribution in [0, 0.1) is 5.92 Å². The van der Waals surface area contributed by atoms with E-state index >= 15 is 0 Å². The fraction of sp³-hybridized carbons (Fsp3) is 0.643. The van der Waals surface area contributed by atoms with Crippen LogP contribution in [0.1, 0.15) is 19.3 Å². The van der Waals surface area contributed by atoms with Crippen molar-refractivity contribution in [3.8, 4) is 5.75 Å². The summed E-state index contributed by atoms with van der Waals surface area (Å²) in [6, 6.07) is 2.12. The Labute approximate surface area is 108 Å². The zero-order chi connectivity index (χ0) is 12.2. The van der Waals surface area contributed by atoms with E-state index in [1.807, 2.05) is 12.4 Å². The smallest absolute Gasteiger partial charge is 0.139 e. The zero-order valence-corrected chi connectivity index (χ0v) is 10.8. The van der Waals surface area contributed by atoms with E-state index in [1.54, 1.807) is 0 Å². The van der Waals surface area contributed by atoms with Gasteiger partial charge < -0.3 is 15.0 Å². The van der Waals surface area contributed by atoms with Crippen molar-refractivity contribution in [2.45, 2.75) is 19.3 Å². The minimum absolute atomic E-state index is 0.831. The first-order chi connectivity index (χ1) is 8.92. The molecule has 0 atom stereocenters. The Morgan fingerprint density at radius 3 is 2.89 bits per heavy atom. The summed E-state index contributed by atoms with van der Waals surface area (Å²) >= 11 is 0. The Morgan fingerprint density at radius 2 is 2.11 bits per heavy atom. The second kappa shape index (κ2) is 5.57. The Kier molecular flexibility index (Phi) is 3.64. The molecule has 1 aromatic heterocycles. The van der Waals surface area contributed by atoms with Crippen LogP contribution in [0.5, 0.6) is 5.75 Å². The molecular formula is C14H21N3O. The molecule has 2 fully saturated rings. The summed E-state index contributed by atoms with van der Waals surface area (Å²) in [7, 11) is 0. The minimum atomic E-state index is 0.831. The Hall–Kier alpha value is -1.29. The third kappa shape index (κ3) is 3.13. The van der Waals surface area contributed by atoms with Crippen LogP contribution in [0.3, 0.4) is 0 Å². The molecule has 98 valence electrons. The van der Waals surface area contributed by atoms with Gasteiger partial charge in [-0.3, -0.25) is 4.98 Å². The molecule has 1 saturated heterocycles. The third-order valence-electron chi connectivity index (χ3n) is 3.67.